The molecule has 0 bridgehead atoms. The minimum absolute atomic E-state index is 0.0119. The second-order valence-electron chi connectivity index (χ2n) is 10.6. The van der Waals surface area contributed by atoms with Crippen LogP contribution in [0.1, 0.15) is 82.2 Å². The van der Waals surface area contributed by atoms with Gasteiger partial charge in [-0.2, -0.15) is 0 Å². The molecule has 154 valence electrons. The number of hydrogen-bond donors (Lipinski definition) is 1. The van der Waals surface area contributed by atoms with Crippen LogP contribution in [0.5, 0.6) is 0 Å². The molecule has 2 aliphatic rings. The van der Waals surface area contributed by atoms with Gasteiger partial charge in [-0.25, -0.2) is 0 Å². The Morgan fingerprint density at radius 1 is 0.862 bits per heavy atom. The Kier molecular flexibility index (Phi) is 5.24. The van der Waals surface area contributed by atoms with Crippen molar-refractivity contribution in [1.29, 1.82) is 0 Å². The van der Waals surface area contributed by atoms with Crippen molar-refractivity contribution in [3.63, 3.8) is 0 Å². The lowest BCUT2D eigenvalue weighted by Gasteiger charge is -2.43. The molecular formula is C27H35NS. The zero-order valence-electron chi connectivity index (χ0n) is 18.9. The van der Waals surface area contributed by atoms with Gasteiger partial charge in [0.15, 0.2) is 0 Å². The second kappa shape index (κ2) is 7.32. The quantitative estimate of drug-likeness (QED) is 0.590. The fourth-order valence-electron chi connectivity index (χ4n) is 4.79. The van der Waals surface area contributed by atoms with Crippen LogP contribution in [0.15, 0.2) is 47.4 Å². The Bertz CT molecular complexity index is 924. The molecular weight excluding hydrogens is 370 g/mol. The number of fused-ring (bicyclic) bond motifs is 1. The Balaban J connectivity index is 1.68. The van der Waals surface area contributed by atoms with Crippen molar-refractivity contribution < 1.29 is 0 Å². The Hall–Kier alpha value is -1.51. The van der Waals surface area contributed by atoms with E-state index in [0.29, 0.717) is 0 Å². The van der Waals surface area contributed by atoms with Crippen LogP contribution in [0.4, 0.5) is 0 Å². The number of nitrogens with one attached hydrogen (secondary N) is 1. The fraction of sp³-hybridized carbons (Fsp3) is 0.481. The van der Waals surface area contributed by atoms with E-state index in [1.165, 1.54) is 40.0 Å². The maximum absolute atomic E-state index is 3.38. The van der Waals surface area contributed by atoms with Gasteiger partial charge in [-0.1, -0.05) is 84.0 Å². The van der Waals surface area contributed by atoms with Crippen molar-refractivity contribution >= 4 is 17.8 Å². The van der Waals surface area contributed by atoms with Gasteiger partial charge in [0, 0.05) is 22.7 Å². The largest absolute Gasteiger partial charge is 0.303 e. The molecule has 0 saturated carbocycles. The first kappa shape index (κ1) is 20.8. The zero-order chi connectivity index (χ0) is 20.9. The predicted octanol–water partition coefficient (Wildman–Crippen LogP) is 7.00. The normalized spacial score (nSPS) is 21.9. The van der Waals surface area contributed by atoms with Gasteiger partial charge in [-0.3, -0.25) is 0 Å². The van der Waals surface area contributed by atoms with Crippen molar-refractivity contribution in [3.05, 3.63) is 75.2 Å². The Labute approximate surface area is 181 Å². The summed E-state index contributed by atoms with van der Waals surface area (Å²) in [6, 6.07) is 16.5. The summed E-state index contributed by atoms with van der Waals surface area (Å²) in [7, 11) is 0. The molecule has 1 N–H and O–H groups in total. The molecule has 1 nitrogen and oxygen atoms in total. The van der Waals surface area contributed by atoms with E-state index in [1.54, 1.807) is 5.56 Å². The third-order valence-electron chi connectivity index (χ3n) is 7.19. The zero-order valence-corrected chi connectivity index (χ0v) is 19.7. The summed E-state index contributed by atoms with van der Waals surface area (Å²) in [5.74, 6) is 1.03. The number of rotatable bonds is 3. The summed E-state index contributed by atoms with van der Waals surface area (Å²) < 4.78 is 0. The van der Waals surface area contributed by atoms with Crippen LogP contribution in [0.3, 0.4) is 0 Å². The van der Waals surface area contributed by atoms with Crippen molar-refractivity contribution in [1.82, 2.24) is 5.32 Å². The molecule has 0 radical (unpaired) electrons. The van der Waals surface area contributed by atoms with Crippen molar-refractivity contribution in [3.8, 4) is 0 Å². The molecule has 0 amide bonds. The van der Waals surface area contributed by atoms with Gasteiger partial charge >= 0.3 is 0 Å². The molecule has 0 spiro atoms. The molecule has 0 unspecified atom stereocenters. The van der Waals surface area contributed by atoms with Crippen molar-refractivity contribution in [2.45, 2.75) is 70.6 Å². The van der Waals surface area contributed by atoms with Crippen molar-refractivity contribution in [2.75, 3.05) is 12.4 Å². The van der Waals surface area contributed by atoms with Crippen LogP contribution in [-0.2, 0) is 16.2 Å². The predicted molar refractivity (Wildman–Crippen MR) is 129 cm³/mol. The van der Waals surface area contributed by atoms with Gasteiger partial charge in [0.2, 0.25) is 0 Å². The average molecular weight is 406 g/mol. The van der Waals surface area contributed by atoms with E-state index in [2.05, 4.69) is 95.4 Å². The van der Waals surface area contributed by atoms with Gasteiger partial charge in [0.05, 0.1) is 0 Å². The van der Waals surface area contributed by atoms with Crippen LogP contribution in [0.25, 0.3) is 6.08 Å². The van der Waals surface area contributed by atoms with Gasteiger partial charge in [-0.15, -0.1) is 11.8 Å². The highest BCUT2D eigenvalue weighted by molar-refractivity contribution is 8.03. The molecule has 0 atom stereocenters. The molecule has 2 heteroatoms. The third kappa shape index (κ3) is 3.94. The number of thioether (sulfide) groups is 1. The SMILES string of the molecule is CC1(C)CCC(C)(C)c2cc(C(C)(C)c3ccc(C=C4CNCS4)cc3)ccc21. The molecule has 1 aliphatic heterocycles. The average Bonchev–Trinajstić information content (AvgIpc) is 3.19. The van der Waals surface area contributed by atoms with Crippen LogP contribution in [0, 0.1) is 0 Å². The van der Waals surface area contributed by atoms with E-state index in [0.717, 1.165) is 12.4 Å². The smallest absolute Gasteiger partial charge is 0.0465 e. The van der Waals surface area contributed by atoms with E-state index < -0.39 is 0 Å². The summed E-state index contributed by atoms with van der Waals surface area (Å²) >= 11 is 1.91. The minimum atomic E-state index is -0.0119. The molecule has 1 heterocycles. The van der Waals surface area contributed by atoms with Crippen LogP contribution >= 0.6 is 11.8 Å². The van der Waals surface area contributed by atoms with E-state index in [9.17, 15) is 0 Å². The second-order valence-corrected chi connectivity index (χ2v) is 11.7. The Morgan fingerprint density at radius 3 is 2.10 bits per heavy atom. The highest BCUT2D eigenvalue weighted by Gasteiger charge is 2.38. The maximum Gasteiger partial charge on any atom is 0.0465 e. The first-order chi connectivity index (χ1) is 13.6. The minimum Gasteiger partial charge on any atom is -0.303 e. The molecule has 4 rings (SSSR count). The first-order valence-electron chi connectivity index (χ1n) is 10.9. The summed E-state index contributed by atoms with van der Waals surface area (Å²) in [5, 5.41) is 3.38. The lowest BCUT2D eigenvalue weighted by atomic mass is 9.62. The molecule has 1 saturated heterocycles. The van der Waals surface area contributed by atoms with E-state index in [4.69, 9.17) is 0 Å². The topological polar surface area (TPSA) is 12.0 Å². The van der Waals surface area contributed by atoms with Gasteiger partial charge in [-0.05, 0) is 57.6 Å². The summed E-state index contributed by atoms with van der Waals surface area (Å²) in [6.07, 6.45) is 4.83. The van der Waals surface area contributed by atoms with Crippen LogP contribution in [-0.4, -0.2) is 12.4 Å². The molecule has 1 fully saturated rings. The van der Waals surface area contributed by atoms with E-state index >= 15 is 0 Å². The first-order valence-corrected chi connectivity index (χ1v) is 11.9. The molecule has 2 aromatic rings. The number of hydrogen-bond acceptors (Lipinski definition) is 2. The van der Waals surface area contributed by atoms with Gasteiger partial charge in [0.25, 0.3) is 0 Å². The number of benzene rings is 2. The summed E-state index contributed by atoms with van der Waals surface area (Å²) in [5.41, 5.74) is 7.69. The standard InChI is InChI=1S/C27H35NS/c1-25(2)13-14-26(3,4)24-16-21(11-12-23(24)25)27(5,6)20-9-7-19(8-10-20)15-22-17-28-18-29-22/h7-12,15-16,28H,13-14,17-18H2,1-6H3. The third-order valence-corrected chi connectivity index (χ3v) is 8.17. The molecule has 29 heavy (non-hydrogen) atoms. The lowest BCUT2D eigenvalue weighted by Crippen LogP contribution is -2.34. The van der Waals surface area contributed by atoms with E-state index in [-0.39, 0.29) is 16.2 Å². The monoisotopic (exact) mass is 405 g/mol. The van der Waals surface area contributed by atoms with E-state index in [1.807, 2.05) is 11.8 Å². The highest BCUT2D eigenvalue weighted by atomic mass is 32.2. The molecule has 0 aromatic heterocycles. The summed E-state index contributed by atoms with van der Waals surface area (Å²) in [4.78, 5) is 1.43. The van der Waals surface area contributed by atoms with Crippen LogP contribution < -0.4 is 5.32 Å². The van der Waals surface area contributed by atoms with Crippen LogP contribution in [0.2, 0.25) is 0 Å². The fourth-order valence-corrected chi connectivity index (χ4v) is 5.60. The highest BCUT2D eigenvalue weighted by Crippen LogP contribution is 2.47. The van der Waals surface area contributed by atoms with Gasteiger partial charge < -0.3 is 5.32 Å². The Morgan fingerprint density at radius 2 is 1.48 bits per heavy atom. The van der Waals surface area contributed by atoms with Gasteiger partial charge in [0.1, 0.15) is 0 Å². The maximum atomic E-state index is 3.38. The lowest BCUT2D eigenvalue weighted by molar-refractivity contribution is 0.331. The summed E-state index contributed by atoms with van der Waals surface area (Å²) in [6.45, 7) is 15.3. The molecule has 1 aliphatic carbocycles. The molecule has 2 aromatic carbocycles. The van der Waals surface area contributed by atoms with Crippen molar-refractivity contribution in [2.24, 2.45) is 0 Å².